The van der Waals surface area contributed by atoms with Crippen LogP contribution < -0.4 is 0 Å². The molecule has 33 heavy (non-hydrogen) atoms. The zero-order chi connectivity index (χ0) is 23.5. The number of ketones is 1. The molecule has 0 aromatic carbocycles. The molecule has 0 bridgehead atoms. The third kappa shape index (κ3) is 4.85. The lowest BCUT2D eigenvalue weighted by Crippen LogP contribution is -2.53. The number of fused-ring (bicyclic) bond motifs is 5. The smallest absolute Gasteiger partial charge is 0.306 e. The molecule has 3 fully saturated rings. The van der Waals surface area contributed by atoms with Gasteiger partial charge in [0.25, 0.3) is 0 Å². The zero-order valence-corrected chi connectivity index (χ0v) is 21.6. The number of rotatable bonds is 10. The summed E-state index contributed by atoms with van der Waals surface area (Å²) in [5.74, 6) is 2.23. The lowest BCUT2D eigenvalue weighted by molar-refractivity contribution is -0.160. The number of ether oxygens (including phenoxy) is 1. The van der Waals surface area contributed by atoms with Crippen LogP contribution in [0.3, 0.4) is 0 Å². The zero-order valence-electron chi connectivity index (χ0n) is 21.6. The van der Waals surface area contributed by atoms with Gasteiger partial charge in [0.2, 0.25) is 0 Å². The molecule has 186 valence electrons. The summed E-state index contributed by atoms with van der Waals surface area (Å²) in [6.07, 6.45) is 21.4. The van der Waals surface area contributed by atoms with Crippen molar-refractivity contribution in [2.45, 2.75) is 136 Å². The van der Waals surface area contributed by atoms with Crippen molar-refractivity contribution >= 4 is 11.8 Å². The first kappa shape index (κ1) is 25.0. The fraction of sp³-hybridized carbons (Fsp3) is 0.867. The van der Waals surface area contributed by atoms with Gasteiger partial charge in [-0.25, -0.2) is 0 Å². The molecule has 0 N–H and O–H groups in total. The Morgan fingerprint density at radius 1 is 0.939 bits per heavy atom. The maximum Gasteiger partial charge on any atom is 0.306 e. The molecule has 3 nitrogen and oxygen atoms in total. The summed E-state index contributed by atoms with van der Waals surface area (Å²) in [4.78, 5) is 25.8. The number of unbranched alkanes of at least 4 members (excludes halogenated alkanes) is 7. The molecule has 0 heterocycles. The molecule has 3 heteroatoms. The highest BCUT2D eigenvalue weighted by atomic mass is 16.5. The van der Waals surface area contributed by atoms with Crippen LogP contribution in [0, 0.1) is 28.6 Å². The largest absolute Gasteiger partial charge is 0.462 e. The van der Waals surface area contributed by atoms with Crippen molar-refractivity contribution in [3.63, 3.8) is 0 Å². The molecular formula is C30H48O3. The van der Waals surface area contributed by atoms with E-state index in [1.54, 1.807) is 0 Å². The molecule has 0 aromatic heterocycles. The van der Waals surface area contributed by atoms with Crippen LogP contribution in [0.15, 0.2) is 11.6 Å². The van der Waals surface area contributed by atoms with E-state index < -0.39 is 0 Å². The fourth-order valence-corrected chi connectivity index (χ4v) is 8.33. The number of Topliss-reactive ketones (excluding diaryl/α,β-unsaturated/α-hetero) is 1. The second-order valence-corrected chi connectivity index (χ2v) is 12.1. The monoisotopic (exact) mass is 456 g/mol. The van der Waals surface area contributed by atoms with Crippen LogP contribution in [-0.4, -0.2) is 17.9 Å². The van der Waals surface area contributed by atoms with Crippen molar-refractivity contribution in [1.29, 1.82) is 0 Å². The molecule has 3 saturated carbocycles. The standard InChI is InChI=1S/C30H48O3/c1-4-5-6-7-8-9-10-11-15-28(32)33-27-19-18-24-23-17-16-22-13-12-14-26(31)30(22,3)25(23)20-21-29(24,27)2/h13,23-25,27H,4-12,14-21H2,1-3H3/t23-,24-,25-,27?,29-,30-/m0/s1. The number of allylic oxidation sites excluding steroid dienone is 2. The van der Waals surface area contributed by atoms with E-state index >= 15 is 0 Å². The van der Waals surface area contributed by atoms with E-state index in [1.165, 1.54) is 50.5 Å². The van der Waals surface area contributed by atoms with Crippen LogP contribution in [0.25, 0.3) is 0 Å². The van der Waals surface area contributed by atoms with Gasteiger partial charge >= 0.3 is 5.97 Å². The molecule has 0 aliphatic heterocycles. The van der Waals surface area contributed by atoms with Crippen molar-refractivity contribution in [1.82, 2.24) is 0 Å². The van der Waals surface area contributed by atoms with Crippen LogP contribution in [0.5, 0.6) is 0 Å². The topological polar surface area (TPSA) is 43.4 Å². The first-order chi connectivity index (χ1) is 15.9. The van der Waals surface area contributed by atoms with Crippen LogP contribution in [0.2, 0.25) is 0 Å². The number of carbonyl (C=O) groups excluding carboxylic acids is 2. The second kappa shape index (κ2) is 10.6. The van der Waals surface area contributed by atoms with Crippen molar-refractivity contribution in [3.05, 3.63) is 11.6 Å². The Bertz CT molecular complexity index is 739. The number of hydrogen-bond donors (Lipinski definition) is 0. The lowest BCUT2D eigenvalue weighted by atomic mass is 9.47. The van der Waals surface area contributed by atoms with E-state index in [0.29, 0.717) is 30.0 Å². The average molecular weight is 457 g/mol. The van der Waals surface area contributed by atoms with Gasteiger partial charge in [-0.1, -0.05) is 70.4 Å². The third-order valence-corrected chi connectivity index (χ3v) is 10.4. The highest BCUT2D eigenvalue weighted by molar-refractivity contribution is 5.89. The maximum atomic E-state index is 13.1. The van der Waals surface area contributed by atoms with Gasteiger partial charge in [-0.2, -0.15) is 0 Å². The van der Waals surface area contributed by atoms with Crippen LogP contribution in [-0.2, 0) is 14.3 Å². The summed E-state index contributed by atoms with van der Waals surface area (Å²) < 4.78 is 6.16. The minimum atomic E-state index is -0.214. The predicted molar refractivity (Wildman–Crippen MR) is 134 cm³/mol. The summed E-state index contributed by atoms with van der Waals surface area (Å²) in [7, 11) is 0. The Labute approximate surface area is 202 Å². The molecule has 0 aromatic rings. The second-order valence-electron chi connectivity index (χ2n) is 12.1. The van der Waals surface area contributed by atoms with Crippen LogP contribution >= 0.6 is 0 Å². The van der Waals surface area contributed by atoms with Gasteiger partial charge in [0.15, 0.2) is 0 Å². The van der Waals surface area contributed by atoms with E-state index in [0.717, 1.165) is 57.8 Å². The summed E-state index contributed by atoms with van der Waals surface area (Å²) >= 11 is 0. The van der Waals surface area contributed by atoms with Crippen molar-refractivity contribution in [2.75, 3.05) is 0 Å². The first-order valence-electron chi connectivity index (χ1n) is 14.3. The van der Waals surface area contributed by atoms with Gasteiger partial charge in [-0.15, -0.1) is 0 Å². The van der Waals surface area contributed by atoms with E-state index in [2.05, 4.69) is 26.8 Å². The quantitative estimate of drug-likeness (QED) is 0.190. The van der Waals surface area contributed by atoms with Gasteiger partial charge in [-0.3, -0.25) is 9.59 Å². The summed E-state index contributed by atoms with van der Waals surface area (Å²) in [5, 5.41) is 0. The van der Waals surface area contributed by atoms with Crippen molar-refractivity contribution in [2.24, 2.45) is 28.6 Å². The molecule has 6 atom stereocenters. The van der Waals surface area contributed by atoms with Crippen molar-refractivity contribution in [3.8, 4) is 0 Å². The Hall–Kier alpha value is -1.12. The molecular weight excluding hydrogens is 408 g/mol. The summed E-state index contributed by atoms with van der Waals surface area (Å²) in [6.45, 7) is 6.91. The number of hydrogen-bond acceptors (Lipinski definition) is 3. The normalized spacial score (nSPS) is 37.7. The van der Waals surface area contributed by atoms with E-state index in [4.69, 9.17) is 4.74 Å². The summed E-state index contributed by atoms with van der Waals surface area (Å²) in [6, 6.07) is 0. The molecule has 0 spiro atoms. The molecule has 4 aliphatic rings. The summed E-state index contributed by atoms with van der Waals surface area (Å²) in [5.41, 5.74) is 1.33. The Morgan fingerprint density at radius 2 is 1.67 bits per heavy atom. The molecule has 0 amide bonds. The van der Waals surface area contributed by atoms with Gasteiger partial charge in [0.1, 0.15) is 11.9 Å². The molecule has 4 rings (SSSR count). The third-order valence-electron chi connectivity index (χ3n) is 10.4. The first-order valence-corrected chi connectivity index (χ1v) is 14.3. The van der Waals surface area contributed by atoms with Gasteiger partial charge in [-0.05, 0) is 76.0 Å². The SMILES string of the molecule is CCCCCCCCCCC(=O)OC1CC[C@H]2[C@@H]3CCC4=CCCC(=O)[C@]4(C)[C@H]3CC[C@]12C. The van der Waals surface area contributed by atoms with Gasteiger partial charge in [0.05, 0.1) is 5.41 Å². The maximum absolute atomic E-state index is 13.1. The Morgan fingerprint density at radius 3 is 2.42 bits per heavy atom. The van der Waals surface area contributed by atoms with Gasteiger partial charge in [0, 0.05) is 18.3 Å². The van der Waals surface area contributed by atoms with E-state index in [1.807, 2.05) is 0 Å². The van der Waals surface area contributed by atoms with Crippen molar-refractivity contribution < 1.29 is 14.3 Å². The van der Waals surface area contributed by atoms with E-state index in [-0.39, 0.29) is 22.9 Å². The molecule has 0 radical (unpaired) electrons. The minimum Gasteiger partial charge on any atom is -0.462 e. The fourth-order valence-electron chi connectivity index (χ4n) is 8.33. The number of esters is 1. The molecule has 0 saturated heterocycles. The predicted octanol–water partition coefficient (Wildman–Crippen LogP) is 7.96. The number of carbonyl (C=O) groups is 2. The highest BCUT2D eigenvalue weighted by Crippen LogP contribution is 2.65. The van der Waals surface area contributed by atoms with E-state index in [9.17, 15) is 9.59 Å². The van der Waals surface area contributed by atoms with Crippen LogP contribution in [0.1, 0.15) is 130 Å². The molecule has 1 unspecified atom stereocenters. The molecule has 4 aliphatic carbocycles. The Balaban J connectivity index is 1.28. The highest BCUT2D eigenvalue weighted by Gasteiger charge is 2.61. The lowest BCUT2D eigenvalue weighted by Gasteiger charge is -2.57. The average Bonchev–Trinajstić information content (AvgIpc) is 3.12. The van der Waals surface area contributed by atoms with Gasteiger partial charge < -0.3 is 4.74 Å². The minimum absolute atomic E-state index is 0.0262. The Kier molecular flexibility index (Phi) is 8.06. The van der Waals surface area contributed by atoms with Crippen LogP contribution in [0.4, 0.5) is 0 Å².